The standard InChI is InChI=1S/C53H67BN2OSi/c1-48(2,3)32-18-22-35(23-19-32)55-41-30-36(58-17)31-42-44(41)54(47-45(55)43-46(57-47)53(15,16)27-26-52(43,13)14)38-29-34(50(7,8)9)21-25-40(38)56(42)39-24-20-33(49(4,5)6)28-37(39)51(10,11)12/h18-25,28-31H,26-27H2,1-17H3. The van der Waals surface area contributed by atoms with Gasteiger partial charge in [-0.05, 0) is 109 Å². The number of fused-ring (bicyclic) bond motifs is 6. The van der Waals surface area contributed by atoms with Gasteiger partial charge in [0.05, 0.1) is 20.9 Å². The van der Waals surface area contributed by atoms with Crippen LogP contribution >= 0.6 is 0 Å². The molecule has 0 bridgehead atoms. The zero-order chi connectivity index (χ0) is 42.3. The first-order valence-corrected chi connectivity index (χ1v) is 23.3. The van der Waals surface area contributed by atoms with Crippen molar-refractivity contribution in [1.29, 1.82) is 0 Å². The molecule has 0 saturated heterocycles. The van der Waals surface area contributed by atoms with Gasteiger partial charge in [-0.1, -0.05) is 159 Å². The highest BCUT2D eigenvalue weighted by Gasteiger charge is 2.52. The highest BCUT2D eigenvalue weighted by Crippen LogP contribution is 2.55. The summed E-state index contributed by atoms with van der Waals surface area (Å²) in [6, 6.07) is 29.1. The lowest BCUT2D eigenvalue weighted by molar-refractivity contribution is 0.282. The Morgan fingerprint density at radius 2 is 1.09 bits per heavy atom. The molecule has 2 radical (unpaired) electrons. The maximum atomic E-state index is 7.61. The number of rotatable bonds is 3. The van der Waals surface area contributed by atoms with Gasteiger partial charge in [-0.15, -0.1) is 0 Å². The second-order valence-corrected chi connectivity index (χ2v) is 24.2. The Labute approximate surface area is 353 Å². The van der Waals surface area contributed by atoms with Crippen molar-refractivity contribution in [1.82, 2.24) is 0 Å². The predicted molar refractivity (Wildman–Crippen MR) is 254 cm³/mol. The monoisotopic (exact) mass is 787 g/mol. The van der Waals surface area contributed by atoms with Gasteiger partial charge in [-0.3, -0.25) is 0 Å². The average molecular weight is 787 g/mol. The van der Waals surface area contributed by atoms with Gasteiger partial charge in [-0.25, -0.2) is 0 Å². The van der Waals surface area contributed by atoms with Gasteiger partial charge < -0.3 is 14.2 Å². The van der Waals surface area contributed by atoms with Crippen molar-refractivity contribution < 1.29 is 4.42 Å². The van der Waals surface area contributed by atoms with Crippen molar-refractivity contribution in [2.24, 2.45) is 0 Å². The third kappa shape index (κ3) is 6.44. The fourth-order valence-corrected chi connectivity index (χ4v) is 10.4. The highest BCUT2D eigenvalue weighted by molar-refractivity contribution is 6.99. The van der Waals surface area contributed by atoms with Crippen molar-refractivity contribution >= 4 is 72.1 Å². The second-order valence-electron chi connectivity index (χ2n) is 23.1. The van der Waals surface area contributed by atoms with Crippen LogP contribution in [0.5, 0.6) is 0 Å². The smallest absolute Gasteiger partial charge is 0.297 e. The van der Waals surface area contributed by atoms with E-state index in [-0.39, 0.29) is 39.2 Å². The lowest BCUT2D eigenvalue weighted by Gasteiger charge is -2.45. The van der Waals surface area contributed by atoms with Gasteiger partial charge in [0, 0.05) is 39.4 Å². The number of nitrogens with zero attached hydrogens (tertiary/aromatic N) is 2. The molecule has 0 unspecified atom stereocenters. The Morgan fingerprint density at radius 1 is 0.569 bits per heavy atom. The van der Waals surface area contributed by atoms with Crippen molar-refractivity contribution in [3.8, 4) is 0 Å². The Balaban J connectivity index is 1.54. The summed E-state index contributed by atoms with van der Waals surface area (Å²) in [5.74, 6) is 1.17. The van der Waals surface area contributed by atoms with E-state index in [1.807, 2.05) is 0 Å². The molecule has 58 heavy (non-hydrogen) atoms. The van der Waals surface area contributed by atoms with E-state index >= 15 is 0 Å². The SMILES string of the molecule is C[Si]c1cc2c3c(c1)N(c1ccc(C(C)(C)C)cc1)c1c(oc4c1C(C)(C)CCC4(C)C)B3c1cc(C(C)(C)C)ccc1N2c1ccc(C(C)(C)C)cc1C(C)(C)C. The summed E-state index contributed by atoms with van der Waals surface area (Å²) < 4.78 is 7.61. The van der Waals surface area contributed by atoms with E-state index in [9.17, 15) is 0 Å². The van der Waals surface area contributed by atoms with Crippen LogP contribution in [-0.2, 0) is 32.5 Å². The summed E-state index contributed by atoms with van der Waals surface area (Å²) in [5.41, 5.74) is 18.0. The molecular formula is C53H67BN2OSi. The number of hydrogen-bond acceptors (Lipinski definition) is 3. The van der Waals surface area contributed by atoms with Gasteiger partial charge >= 0.3 is 0 Å². The van der Waals surface area contributed by atoms with E-state index in [0.29, 0.717) is 9.52 Å². The molecule has 0 fully saturated rings. The van der Waals surface area contributed by atoms with Crippen molar-refractivity contribution in [2.75, 3.05) is 9.80 Å². The first-order chi connectivity index (χ1) is 26.7. The van der Waals surface area contributed by atoms with Gasteiger partial charge in [0.1, 0.15) is 5.76 Å². The highest BCUT2D eigenvalue weighted by atomic mass is 28.2. The summed E-state index contributed by atoms with van der Waals surface area (Å²) in [6.07, 6.45) is 2.22. The van der Waals surface area contributed by atoms with E-state index in [4.69, 9.17) is 4.42 Å². The van der Waals surface area contributed by atoms with Crippen LogP contribution in [0.2, 0.25) is 6.55 Å². The van der Waals surface area contributed by atoms with E-state index < -0.39 is 0 Å². The van der Waals surface area contributed by atoms with Crippen molar-refractivity contribution in [3.05, 3.63) is 106 Å². The molecule has 2 aliphatic heterocycles. The molecule has 4 aromatic carbocycles. The number of hydrogen-bond donors (Lipinski definition) is 0. The fraction of sp³-hybridized carbons (Fsp3) is 0.472. The van der Waals surface area contributed by atoms with Gasteiger partial charge in [0.25, 0.3) is 6.71 Å². The van der Waals surface area contributed by atoms with Crippen LogP contribution in [0, 0.1) is 0 Å². The summed E-state index contributed by atoms with van der Waals surface area (Å²) in [7, 11) is 0.642. The number of anilines is 6. The maximum absolute atomic E-state index is 7.61. The Hall–Kier alpha value is -3.96. The summed E-state index contributed by atoms with van der Waals surface area (Å²) in [5, 5.41) is 1.37. The van der Waals surface area contributed by atoms with Gasteiger partial charge in [0.15, 0.2) is 0 Å². The normalized spacial score (nSPS) is 17.2. The lowest BCUT2D eigenvalue weighted by Crippen LogP contribution is -2.61. The molecule has 5 aromatic rings. The molecule has 0 atom stereocenters. The van der Waals surface area contributed by atoms with E-state index in [0.717, 1.165) is 18.5 Å². The number of benzene rings is 4. The minimum absolute atomic E-state index is 0.0220. The molecule has 1 aromatic heterocycles. The second kappa shape index (κ2) is 13.0. The number of furan rings is 1. The molecule has 8 rings (SSSR count). The molecule has 3 aliphatic rings. The van der Waals surface area contributed by atoms with Gasteiger partial charge in [0.2, 0.25) is 0 Å². The lowest BCUT2D eigenvalue weighted by atomic mass is 9.35. The molecule has 302 valence electrons. The third-order valence-electron chi connectivity index (χ3n) is 13.6. The van der Waals surface area contributed by atoms with Crippen LogP contribution in [0.25, 0.3) is 0 Å². The van der Waals surface area contributed by atoms with Crippen LogP contribution in [0.1, 0.15) is 157 Å². The van der Waals surface area contributed by atoms with Crippen LogP contribution in [0.15, 0.2) is 77.2 Å². The molecule has 3 heterocycles. The predicted octanol–water partition coefficient (Wildman–Crippen LogP) is 12.3. The maximum Gasteiger partial charge on any atom is 0.297 e. The Morgan fingerprint density at radius 3 is 1.64 bits per heavy atom. The molecule has 1 aliphatic carbocycles. The largest absolute Gasteiger partial charge is 0.472 e. The molecule has 5 heteroatoms. The van der Waals surface area contributed by atoms with E-state index in [1.54, 1.807) is 0 Å². The van der Waals surface area contributed by atoms with Crippen LogP contribution in [-0.4, -0.2) is 16.2 Å². The Kier molecular flexibility index (Phi) is 9.16. The van der Waals surface area contributed by atoms with E-state index in [1.165, 1.54) is 83.8 Å². The van der Waals surface area contributed by atoms with Crippen molar-refractivity contribution in [2.45, 2.75) is 163 Å². The van der Waals surface area contributed by atoms with Crippen molar-refractivity contribution in [3.63, 3.8) is 0 Å². The fourth-order valence-electron chi connectivity index (χ4n) is 9.83. The molecular weight excluding hydrogens is 719 g/mol. The zero-order valence-corrected chi connectivity index (χ0v) is 39.7. The molecule has 0 spiro atoms. The Bertz CT molecular complexity index is 2440. The topological polar surface area (TPSA) is 19.6 Å². The van der Waals surface area contributed by atoms with Crippen LogP contribution in [0.4, 0.5) is 34.1 Å². The molecule has 3 nitrogen and oxygen atoms in total. The molecule has 0 N–H and O–H groups in total. The quantitative estimate of drug-likeness (QED) is 0.166. The summed E-state index contributed by atoms with van der Waals surface area (Å²) >= 11 is 0. The molecule has 0 amide bonds. The minimum Gasteiger partial charge on any atom is -0.472 e. The summed E-state index contributed by atoms with van der Waals surface area (Å²) in [4.78, 5) is 5.26. The summed E-state index contributed by atoms with van der Waals surface area (Å²) in [6.45, 7) is 40.1. The van der Waals surface area contributed by atoms with E-state index in [2.05, 4.69) is 200 Å². The van der Waals surface area contributed by atoms with Gasteiger partial charge in [-0.2, -0.15) is 0 Å². The zero-order valence-electron chi connectivity index (χ0n) is 38.7. The average Bonchev–Trinajstić information content (AvgIpc) is 3.54. The van der Waals surface area contributed by atoms with Crippen LogP contribution < -0.4 is 31.6 Å². The first-order valence-electron chi connectivity index (χ1n) is 21.8. The third-order valence-corrected chi connectivity index (χ3v) is 14.5. The minimum atomic E-state index is -0.0889. The first kappa shape index (κ1) is 40.8. The molecule has 0 saturated carbocycles. The van der Waals surface area contributed by atoms with Crippen LogP contribution in [0.3, 0.4) is 0 Å².